The molecule has 3 nitrogen and oxygen atoms in total. The van der Waals surface area contributed by atoms with Crippen LogP contribution < -0.4 is 5.48 Å². The number of alkyl halides is 3. The Morgan fingerprint density at radius 2 is 2.09 bits per heavy atom. The Bertz CT molecular complexity index is 134. The molecule has 0 radical (unpaired) electrons. The van der Waals surface area contributed by atoms with Gasteiger partial charge in [0.2, 0.25) is 5.91 Å². The normalized spacial score (nSPS) is 11.3. The number of hydrogen-bond acceptors (Lipinski definition) is 2. The highest BCUT2D eigenvalue weighted by atomic mass is 19.4. The maximum Gasteiger partial charge on any atom is 0.389 e. The fraction of sp³-hybridized carbons (Fsp3) is 0.800. The smallest absolute Gasteiger partial charge is 0.277 e. The Labute approximate surface area is 61.5 Å². The SMILES string of the molecule is CONC(=O)CCC(F)(F)F. The van der Waals surface area contributed by atoms with E-state index in [1.807, 2.05) is 0 Å². The molecule has 0 saturated heterocycles. The van der Waals surface area contributed by atoms with Gasteiger partial charge in [0, 0.05) is 6.42 Å². The topological polar surface area (TPSA) is 38.3 Å². The Balaban J connectivity index is 3.46. The first-order valence-corrected chi connectivity index (χ1v) is 2.84. The van der Waals surface area contributed by atoms with E-state index < -0.39 is 24.9 Å². The Morgan fingerprint density at radius 3 is 2.45 bits per heavy atom. The van der Waals surface area contributed by atoms with Crippen LogP contribution in [0.15, 0.2) is 0 Å². The van der Waals surface area contributed by atoms with Gasteiger partial charge in [0.25, 0.3) is 0 Å². The fourth-order valence-corrected chi connectivity index (χ4v) is 0.420. The monoisotopic (exact) mass is 171 g/mol. The summed E-state index contributed by atoms with van der Waals surface area (Å²) in [5, 5.41) is 0. The van der Waals surface area contributed by atoms with Crippen molar-refractivity contribution >= 4 is 5.91 Å². The van der Waals surface area contributed by atoms with Crippen LogP contribution in [0, 0.1) is 0 Å². The maximum absolute atomic E-state index is 11.4. The highest BCUT2D eigenvalue weighted by Crippen LogP contribution is 2.20. The average molecular weight is 171 g/mol. The minimum absolute atomic E-state index is 0.600. The standard InChI is InChI=1S/C5H8F3NO2/c1-11-9-4(10)2-3-5(6,7)8/h2-3H2,1H3,(H,9,10). The molecule has 0 bridgehead atoms. The highest BCUT2D eigenvalue weighted by molar-refractivity contribution is 5.74. The van der Waals surface area contributed by atoms with Crippen molar-refractivity contribution in [1.29, 1.82) is 0 Å². The van der Waals surface area contributed by atoms with Crippen molar-refractivity contribution in [3.8, 4) is 0 Å². The molecule has 1 amide bonds. The molecule has 0 aromatic rings. The predicted molar refractivity (Wildman–Crippen MR) is 30.4 cm³/mol. The molecule has 0 unspecified atom stereocenters. The number of hydrogen-bond donors (Lipinski definition) is 1. The third-order valence-corrected chi connectivity index (χ3v) is 0.851. The Kier molecular flexibility index (Phi) is 3.88. The number of hydroxylamine groups is 1. The van der Waals surface area contributed by atoms with Crippen molar-refractivity contribution in [2.45, 2.75) is 19.0 Å². The summed E-state index contributed by atoms with van der Waals surface area (Å²) in [5.41, 5.74) is 1.78. The third kappa shape index (κ3) is 7.11. The second-order valence-corrected chi connectivity index (χ2v) is 1.84. The minimum Gasteiger partial charge on any atom is -0.277 e. The number of carbonyl (C=O) groups is 1. The molecule has 0 fully saturated rings. The van der Waals surface area contributed by atoms with Crippen LogP contribution in [-0.2, 0) is 9.63 Å². The van der Waals surface area contributed by atoms with Crippen LogP contribution in [0.2, 0.25) is 0 Å². The van der Waals surface area contributed by atoms with E-state index in [-0.39, 0.29) is 0 Å². The number of halogens is 3. The minimum atomic E-state index is -4.29. The second kappa shape index (κ2) is 4.17. The molecule has 66 valence electrons. The van der Waals surface area contributed by atoms with Crippen molar-refractivity contribution in [3.05, 3.63) is 0 Å². The van der Waals surface area contributed by atoms with Gasteiger partial charge in [-0.25, -0.2) is 5.48 Å². The van der Waals surface area contributed by atoms with Gasteiger partial charge in [-0.3, -0.25) is 9.63 Å². The van der Waals surface area contributed by atoms with E-state index in [4.69, 9.17) is 0 Å². The zero-order chi connectivity index (χ0) is 8.91. The van der Waals surface area contributed by atoms with Crippen LogP contribution in [0.1, 0.15) is 12.8 Å². The molecule has 0 heterocycles. The lowest BCUT2D eigenvalue weighted by Gasteiger charge is -2.04. The molecule has 0 atom stereocenters. The van der Waals surface area contributed by atoms with Crippen molar-refractivity contribution in [2.75, 3.05) is 7.11 Å². The zero-order valence-corrected chi connectivity index (χ0v) is 5.86. The quantitative estimate of drug-likeness (QED) is 0.643. The van der Waals surface area contributed by atoms with Crippen LogP contribution in [0.3, 0.4) is 0 Å². The lowest BCUT2D eigenvalue weighted by molar-refractivity contribution is -0.148. The van der Waals surface area contributed by atoms with Gasteiger partial charge in [-0.1, -0.05) is 0 Å². The third-order valence-electron chi connectivity index (χ3n) is 0.851. The molecule has 6 heteroatoms. The molecule has 11 heavy (non-hydrogen) atoms. The second-order valence-electron chi connectivity index (χ2n) is 1.84. The summed E-state index contributed by atoms with van der Waals surface area (Å²) in [6.45, 7) is 0. The van der Waals surface area contributed by atoms with E-state index in [0.717, 1.165) is 7.11 Å². The van der Waals surface area contributed by atoms with Crippen molar-refractivity contribution in [1.82, 2.24) is 5.48 Å². The average Bonchev–Trinajstić information content (AvgIpc) is 1.83. The molecule has 0 aliphatic carbocycles. The summed E-state index contributed by atoms with van der Waals surface area (Å²) in [5.74, 6) is -0.773. The summed E-state index contributed by atoms with van der Waals surface area (Å²) < 4.78 is 34.3. The first kappa shape index (κ1) is 10.2. The van der Waals surface area contributed by atoms with Crippen LogP contribution in [0.25, 0.3) is 0 Å². The first-order valence-electron chi connectivity index (χ1n) is 2.84. The molecule has 0 spiro atoms. The van der Waals surface area contributed by atoms with Gasteiger partial charge in [0.1, 0.15) is 0 Å². The maximum atomic E-state index is 11.4. The summed E-state index contributed by atoms with van der Waals surface area (Å²) in [4.78, 5) is 14.5. The van der Waals surface area contributed by atoms with Crippen molar-refractivity contribution in [2.24, 2.45) is 0 Å². The predicted octanol–water partition coefficient (Wildman–Crippen LogP) is 1.01. The molecule has 0 aliphatic heterocycles. The molecule has 0 rings (SSSR count). The van der Waals surface area contributed by atoms with Crippen LogP contribution in [-0.4, -0.2) is 19.2 Å². The summed E-state index contributed by atoms with van der Waals surface area (Å²) >= 11 is 0. The van der Waals surface area contributed by atoms with Gasteiger partial charge in [-0.2, -0.15) is 13.2 Å². The van der Waals surface area contributed by atoms with Gasteiger partial charge in [-0.15, -0.1) is 0 Å². The van der Waals surface area contributed by atoms with Gasteiger partial charge in [0.15, 0.2) is 0 Å². The van der Waals surface area contributed by atoms with Gasteiger partial charge >= 0.3 is 6.18 Å². The van der Waals surface area contributed by atoms with Gasteiger partial charge in [0.05, 0.1) is 13.5 Å². The summed E-state index contributed by atoms with van der Waals surface area (Å²) in [7, 11) is 1.16. The van der Waals surface area contributed by atoms with Crippen LogP contribution in [0.5, 0.6) is 0 Å². The van der Waals surface area contributed by atoms with E-state index in [0.29, 0.717) is 0 Å². The highest BCUT2D eigenvalue weighted by Gasteiger charge is 2.27. The van der Waals surface area contributed by atoms with E-state index in [2.05, 4.69) is 4.84 Å². The first-order chi connectivity index (χ1) is 4.95. The molecular formula is C5H8F3NO2. The van der Waals surface area contributed by atoms with Crippen molar-refractivity contribution < 1.29 is 22.8 Å². The largest absolute Gasteiger partial charge is 0.389 e. The number of rotatable bonds is 3. The molecule has 1 N–H and O–H groups in total. The van der Waals surface area contributed by atoms with E-state index >= 15 is 0 Å². The molecule has 0 aromatic heterocycles. The number of carbonyl (C=O) groups excluding carboxylic acids is 1. The number of nitrogens with one attached hydrogen (secondary N) is 1. The molecule has 0 aliphatic rings. The van der Waals surface area contributed by atoms with Gasteiger partial charge in [-0.05, 0) is 0 Å². The van der Waals surface area contributed by atoms with Crippen molar-refractivity contribution in [3.63, 3.8) is 0 Å². The zero-order valence-electron chi connectivity index (χ0n) is 5.86. The van der Waals surface area contributed by atoms with E-state index in [9.17, 15) is 18.0 Å². The van der Waals surface area contributed by atoms with Gasteiger partial charge < -0.3 is 0 Å². The summed E-state index contributed by atoms with van der Waals surface area (Å²) in [6.07, 6.45) is -6.01. The number of amides is 1. The summed E-state index contributed by atoms with van der Waals surface area (Å²) in [6, 6.07) is 0. The van der Waals surface area contributed by atoms with E-state index in [1.165, 1.54) is 0 Å². The lowest BCUT2D eigenvalue weighted by atomic mass is 10.3. The van der Waals surface area contributed by atoms with Crippen LogP contribution in [0.4, 0.5) is 13.2 Å². The molecule has 0 saturated carbocycles. The Morgan fingerprint density at radius 1 is 1.55 bits per heavy atom. The lowest BCUT2D eigenvalue weighted by Crippen LogP contribution is -2.23. The van der Waals surface area contributed by atoms with Crippen LogP contribution >= 0.6 is 0 Å². The Hall–Kier alpha value is -0.780. The fourth-order valence-electron chi connectivity index (χ4n) is 0.420. The van der Waals surface area contributed by atoms with E-state index in [1.54, 1.807) is 5.48 Å². The molecular weight excluding hydrogens is 163 g/mol. The molecule has 0 aromatic carbocycles.